The molecular formula is C15H10F2N2O2. The smallest absolute Gasteiger partial charge is 0.258 e. The van der Waals surface area contributed by atoms with Gasteiger partial charge in [0.15, 0.2) is 5.82 Å². The summed E-state index contributed by atoms with van der Waals surface area (Å²) in [5, 5.41) is 11.1. The van der Waals surface area contributed by atoms with Crippen LogP contribution in [0.2, 0.25) is 0 Å². The second-order valence-corrected chi connectivity index (χ2v) is 3.96. The second kappa shape index (κ2) is 6.59. The lowest BCUT2D eigenvalue weighted by atomic mass is 10.1. The first kappa shape index (κ1) is 14.6. The summed E-state index contributed by atoms with van der Waals surface area (Å²) in [7, 11) is 0. The number of carbonyl (C=O) groups excluding carboxylic acids is 1. The largest absolute Gasteiger partial charge is 0.384 e. The molecule has 1 aromatic heterocycles. The lowest BCUT2D eigenvalue weighted by Crippen LogP contribution is -2.14. The molecule has 4 nitrogen and oxygen atoms in total. The summed E-state index contributed by atoms with van der Waals surface area (Å²) in [5.41, 5.74) is 0.223. The molecule has 0 atom stereocenters. The first-order valence-corrected chi connectivity index (χ1v) is 5.92. The SMILES string of the molecule is O=C(Nc1ccc(F)cc1C#CCO)c1ccncc1F. The van der Waals surface area contributed by atoms with Gasteiger partial charge in [0.05, 0.1) is 23.0 Å². The van der Waals surface area contributed by atoms with Crippen LogP contribution in [0.25, 0.3) is 0 Å². The minimum Gasteiger partial charge on any atom is -0.384 e. The van der Waals surface area contributed by atoms with E-state index in [1.54, 1.807) is 0 Å². The number of carbonyl (C=O) groups is 1. The van der Waals surface area contributed by atoms with Crippen LogP contribution in [0, 0.1) is 23.5 Å². The van der Waals surface area contributed by atoms with Crippen LogP contribution in [0.5, 0.6) is 0 Å². The Hall–Kier alpha value is -2.78. The van der Waals surface area contributed by atoms with Crippen LogP contribution in [0.1, 0.15) is 15.9 Å². The summed E-state index contributed by atoms with van der Waals surface area (Å²) in [4.78, 5) is 15.5. The molecule has 0 spiro atoms. The minimum atomic E-state index is -0.764. The van der Waals surface area contributed by atoms with Crippen molar-refractivity contribution in [3.05, 3.63) is 59.4 Å². The average molecular weight is 288 g/mol. The van der Waals surface area contributed by atoms with Crippen LogP contribution in [-0.2, 0) is 0 Å². The number of pyridine rings is 1. The molecule has 0 radical (unpaired) electrons. The van der Waals surface area contributed by atoms with Gasteiger partial charge >= 0.3 is 0 Å². The maximum atomic E-state index is 13.5. The molecule has 0 aliphatic heterocycles. The maximum Gasteiger partial charge on any atom is 0.258 e. The molecule has 2 N–H and O–H groups in total. The van der Waals surface area contributed by atoms with Gasteiger partial charge in [-0.2, -0.15) is 0 Å². The summed E-state index contributed by atoms with van der Waals surface area (Å²) in [6.45, 7) is -0.400. The van der Waals surface area contributed by atoms with E-state index in [0.717, 1.165) is 18.3 Å². The topological polar surface area (TPSA) is 62.2 Å². The van der Waals surface area contributed by atoms with Crippen molar-refractivity contribution in [2.45, 2.75) is 0 Å². The molecular weight excluding hydrogens is 278 g/mol. The molecule has 21 heavy (non-hydrogen) atoms. The second-order valence-electron chi connectivity index (χ2n) is 3.96. The number of aliphatic hydroxyl groups excluding tert-OH is 1. The fourth-order valence-electron chi connectivity index (χ4n) is 1.61. The van der Waals surface area contributed by atoms with E-state index >= 15 is 0 Å². The lowest BCUT2D eigenvalue weighted by Gasteiger charge is -2.08. The molecule has 1 aromatic carbocycles. The van der Waals surface area contributed by atoms with E-state index in [1.807, 2.05) is 0 Å². The zero-order chi connectivity index (χ0) is 15.2. The summed E-state index contributed by atoms with van der Waals surface area (Å²) in [5.74, 6) is 2.87. The number of aliphatic hydroxyl groups is 1. The van der Waals surface area contributed by atoms with Gasteiger partial charge in [-0.3, -0.25) is 9.78 Å². The Labute approximate surface area is 119 Å². The Bertz CT molecular complexity index is 736. The van der Waals surface area contributed by atoms with Gasteiger partial charge in [0.1, 0.15) is 12.4 Å². The van der Waals surface area contributed by atoms with Crippen molar-refractivity contribution in [1.82, 2.24) is 4.98 Å². The fourth-order valence-corrected chi connectivity index (χ4v) is 1.61. The number of aromatic nitrogens is 1. The number of amides is 1. The van der Waals surface area contributed by atoms with Crippen LogP contribution < -0.4 is 5.32 Å². The third-order valence-corrected chi connectivity index (χ3v) is 2.55. The summed E-state index contributed by atoms with van der Waals surface area (Å²) in [6, 6.07) is 4.80. The molecule has 0 saturated carbocycles. The number of halogens is 2. The van der Waals surface area contributed by atoms with Crippen LogP contribution in [0.15, 0.2) is 36.7 Å². The first-order valence-electron chi connectivity index (χ1n) is 5.92. The molecule has 1 heterocycles. The zero-order valence-electron chi connectivity index (χ0n) is 10.7. The highest BCUT2D eigenvalue weighted by atomic mass is 19.1. The first-order chi connectivity index (χ1) is 10.1. The fraction of sp³-hybridized carbons (Fsp3) is 0.0667. The molecule has 106 valence electrons. The highest BCUT2D eigenvalue weighted by molar-refractivity contribution is 6.05. The van der Waals surface area contributed by atoms with Crippen molar-refractivity contribution >= 4 is 11.6 Å². The molecule has 2 rings (SSSR count). The minimum absolute atomic E-state index is 0.185. The number of rotatable bonds is 2. The van der Waals surface area contributed by atoms with Gasteiger partial charge in [0.25, 0.3) is 5.91 Å². The highest BCUT2D eigenvalue weighted by Crippen LogP contribution is 2.17. The third kappa shape index (κ3) is 3.61. The molecule has 2 aromatic rings. The Balaban J connectivity index is 2.31. The number of nitrogens with one attached hydrogen (secondary N) is 1. The third-order valence-electron chi connectivity index (χ3n) is 2.55. The van der Waals surface area contributed by atoms with Crippen LogP contribution >= 0.6 is 0 Å². The quantitative estimate of drug-likeness (QED) is 0.830. The molecule has 0 fully saturated rings. The maximum absolute atomic E-state index is 13.5. The van der Waals surface area contributed by atoms with E-state index in [9.17, 15) is 13.6 Å². The summed E-state index contributed by atoms with van der Waals surface area (Å²) < 4.78 is 26.7. The van der Waals surface area contributed by atoms with E-state index < -0.39 is 24.1 Å². The Morgan fingerprint density at radius 2 is 2.14 bits per heavy atom. The molecule has 0 saturated heterocycles. The molecule has 0 bridgehead atoms. The molecule has 0 unspecified atom stereocenters. The van der Waals surface area contributed by atoms with Gasteiger partial charge in [-0.15, -0.1) is 0 Å². The molecule has 0 aliphatic rings. The van der Waals surface area contributed by atoms with Crippen molar-refractivity contribution in [2.24, 2.45) is 0 Å². The van der Waals surface area contributed by atoms with E-state index in [2.05, 4.69) is 22.1 Å². The van der Waals surface area contributed by atoms with E-state index in [4.69, 9.17) is 5.11 Å². The van der Waals surface area contributed by atoms with Gasteiger partial charge in [0.2, 0.25) is 0 Å². The van der Waals surface area contributed by atoms with Gasteiger partial charge in [0, 0.05) is 6.20 Å². The molecule has 1 amide bonds. The Morgan fingerprint density at radius 1 is 1.33 bits per heavy atom. The van der Waals surface area contributed by atoms with Crippen molar-refractivity contribution in [3.63, 3.8) is 0 Å². The monoisotopic (exact) mass is 288 g/mol. The van der Waals surface area contributed by atoms with Crippen molar-refractivity contribution in [3.8, 4) is 11.8 Å². The molecule has 0 aliphatic carbocycles. The average Bonchev–Trinajstić information content (AvgIpc) is 2.47. The van der Waals surface area contributed by atoms with Crippen LogP contribution in [0.4, 0.5) is 14.5 Å². The molecule has 6 heteroatoms. The number of hydrogen-bond donors (Lipinski definition) is 2. The normalized spacial score (nSPS) is 9.67. The predicted molar refractivity (Wildman–Crippen MR) is 72.5 cm³/mol. The van der Waals surface area contributed by atoms with E-state index in [1.165, 1.54) is 18.3 Å². The summed E-state index contributed by atoms with van der Waals surface area (Å²) >= 11 is 0. The van der Waals surface area contributed by atoms with Crippen molar-refractivity contribution < 1.29 is 18.7 Å². The van der Waals surface area contributed by atoms with Crippen molar-refractivity contribution in [2.75, 3.05) is 11.9 Å². The van der Waals surface area contributed by atoms with E-state index in [-0.39, 0.29) is 16.8 Å². The lowest BCUT2D eigenvalue weighted by molar-refractivity contribution is 0.102. The number of benzene rings is 1. The Kier molecular flexibility index (Phi) is 4.59. The van der Waals surface area contributed by atoms with Gasteiger partial charge in [-0.05, 0) is 24.3 Å². The van der Waals surface area contributed by atoms with Crippen LogP contribution in [0.3, 0.4) is 0 Å². The number of hydrogen-bond acceptors (Lipinski definition) is 3. The van der Waals surface area contributed by atoms with Gasteiger partial charge in [-0.1, -0.05) is 11.8 Å². The standard InChI is InChI=1S/C15H10F2N2O2/c16-11-3-4-14(10(8-11)2-1-7-20)19-15(21)12-5-6-18-9-13(12)17/h3-6,8-9,20H,7H2,(H,19,21). The van der Waals surface area contributed by atoms with E-state index in [0.29, 0.717) is 0 Å². The van der Waals surface area contributed by atoms with Gasteiger partial charge < -0.3 is 10.4 Å². The highest BCUT2D eigenvalue weighted by Gasteiger charge is 2.13. The number of anilines is 1. The summed E-state index contributed by atoms with van der Waals surface area (Å²) in [6.07, 6.45) is 2.21. The zero-order valence-corrected chi connectivity index (χ0v) is 10.7. The van der Waals surface area contributed by atoms with Crippen molar-refractivity contribution in [1.29, 1.82) is 0 Å². The van der Waals surface area contributed by atoms with Crippen LogP contribution in [-0.4, -0.2) is 22.6 Å². The predicted octanol–water partition coefficient (Wildman–Crippen LogP) is 1.96. The number of nitrogens with zero attached hydrogens (tertiary/aromatic N) is 1. The Morgan fingerprint density at radius 3 is 2.86 bits per heavy atom. The van der Waals surface area contributed by atoms with Gasteiger partial charge in [-0.25, -0.2) is 8.78 Å².